The monoisotopic (exact) mass is 408 g/mol. The smallest absolute Gasteiger partial charge is 0.385 e. The van der Waals surface area contributed by atoms with Crippen LogP contribution in [0.2, 0.25) is 0 Å². The Morgan fingerprint density at radius 2 is 1.97 bits per heavy atom. The average Bonchev–Trinajstić information content (AvgIpc) is 3.50. The number of aryl methyl sites for hydroxylation is 1. The molecule has 0 aliphatic heterocycles. The molecule has 1 amide bonds. The first-order chi connectivity index (χ1) is 13.7. The fourth-order valence-corrected chi connectivity index (χ4v) is 3.27. The molecule has 0 bridgehead atoms. The van der Waals surface area contributed by atoms with Gasteiger partial charge in [-0.1, -0.05) is 0 Å². The number of amides is 1. The fraction of sp³-hybridized carbons (Fsp3) is 0.476. The third-order valence-electron chi connectivity index (χ3n) is 4.98. The minimum Gasteiger partial charge on any atom is -0.385 e. The van der Waals surface area contributed by atoms with Crippen LogP contribution in [0, 0.1) is 6.92 Å². The highest BCUT2D eigenvalue weighted by atomic mass is 19.4. The maximum atomic E-state index is 13.7. The third kappa shape index (κ3) is 5.12. The number of nitrogens with one attached hydrogen (secondary N) is 1. The number of Topliss-reactive ketones (excluding diaryl/α,β-unsaturated/α-hetero) is 1. The van der Waals surface area contributed by atoms with Crippen LogP contribution in [0.4, 0.5) is 13.2 Å². The third-order valence-corrected chi connectivity index (χ3v) is 4.98. The highest BCUT2D eigenvalue weighted by Crippen LogP contribution is 2.44. The van der Waals surface area contributed by atoms with E-state index in [4.69, 9.17) is 4.74 Å². The quantitative estimate of drug-likeness (QED) is 0.666. The topological polar surface area (TPSA) is 68.3 Å². The predicted octanol–water partition coefficient (Wildman–Crippen LogP) is 4.16. The molecule has 0 atom stereocenters. The van der Waals surface area contributed by atoms with Crippen molar-refractivity contribution in [2.75, 3.05) is 20.3 Å². The van der Waals surface area contributed by atoms with E-state index in [2.05, 4.69) is 10.3 Å². The van der Waals surface area contributed by atoms with Gasteiger partial charge in [0.15, 0.2) is 5.78 Å². The summed E-state index contributed by atoms with van der Waals surface area (Å²) in [5, 5.41) is 2.84. The number of aromatic nitrogens is 1. The van der Waals surface area contributed by atoms with E-state index >= 15 is 0 Å². The van der Waals surface area contributed by atoms with Gasteiger partial charge in [-0.05, 0) is 61.4 Å². The largest absolute Gasteiger partial charge is 0.418 e. The van der Waals surface area contributed by atoms with Gasteiger partial charge in [-0.3, -0.25) is 9.59 Å². The lowest BCUT2D eigenvalue weighted by molar-refractivity contribution is -0.136. The van der Waals surface area contributed by atoms with Gasteiger partial charge in [-0.25, -0.2) is 4.98 Å². The first-order valence-corrected chi connectivity index (χ1v) is 9.52. The van der Waals surface area contributed by atoms with E-state index in [0.29, 0.717) is 29.5 Å². The van der Waals surface area contributed by atoms with Crippen LogP contribution in [0.15, 0.2) is 18.2 Å². The van der Waals surface area contributed by atoms with Crippen molar-refractivity contribution in [2.24, 2.45) is 0 Å². The van der Waals surface area contributed by atoms with Gasteiger partial charge in [-0.2, -0.15) is 13.2 Å². The van der Waals surface area contributed by atoms with Crippen molar-refractivity contribution in [3.8, 4) is 0 Å². The van der Waals surface area contributed by atoms with Crippen LogP contribution < -0.4 is 5.32 Å². The lowest BCUT2D eigenvalue weighted by Crippen LogP contribution is -2.30. The summed E-state index contributed by atoms with van der Waals surface area (Å²) in [6.07, 6.45) is -2.02. The van der Waals surface area contributed by atoms with Gasteiger partial charge < -0.3 is 10.1 Å². The number of methoxy groups -OCH3 is 1. The highest BCUT2D eigenvalue weighted by molar-refractivity contribution is 5.98. The van der Waals surface area contributed by atoms with Gasteiger partial charge >= 0.3 is 6.18 Å². The average molecular weight is 408 g/mol. The Labute approximate surface area is 166 Å². The zero-order valence-electron chi connectivity index (χ0n) is 16.4. The molecular formula is C21H23F3N2O3. The molecule has 156 valence electrons. The second-order valence-electron chi connectivity index (χ2n) is 7.38. The van der Waals surface area contributed by atoms with E-state index in [-0.39, 0.29) is 35.9 Å². The molecule has 1 fully saturated rings. The minimum absolute atomic E-state index is 0.135. The number of rotatable bonds is 8. The molecule has 0 unspecified atom stereocenters. The van der Waals surface area contributed by atoms with E-state index in [1.807, 2.05) is 0 Å². The number of ketones is 1. The number of benzene rings is 1. The molecule has 0 spiro atoms. The first-order valence-electron chi connectivity index (χ1n) is 9.52. The van der Waals surface area contributed by atoms with E-state index in [0.717, 1.165) is 18.9 Å². The minimum atomic E-state index is -4.57. The zero-order valence-corrected chi connectivity index (χ0v) is 16.4. The van der Waals surface area contributed by atoms with E-state index in [1.165, 1.54) is 13.2 Å². The molecule has 1 aromatic heterocycles. The van der Waals surface area contributed by atoms with Gasteiger partial charge in [0.2, 0.25) is 0 Å². The summed E-state index contributed by atoms with van der Waals surface area (Å²) >= 11 is 0. The van der Waals surface area contributed by atoms with Crippen LogP contribution in [-0.2, 0) is 15.7 Å². The highest BCUT2D eigenvalue weighted by Gasteiger charge is 2.36. The Morgan fingerprint density at radius 3 is 2.59 bits per heavy atom. The summed E-state index contributed by atoms with van der Waals surface area (Å²) in [7, 11) is 1.53. The van der Waals surface area contributed by atoms with Gasteiger partial charge in [-0.15, -0.1) is 0 Å². The number of halogens is 3. The lowest BCUT2D eigenvalue weighted by atomic mass is 9.98. The second kappa shape index (κ2) is 8.49. The molecule has 1 heterocycles. The molecule has 3 rings (SSSR count). The van der Waals surface area contributed by atoms with Crippen LogP contribution in [-0.4, -0.2) is 36.9 Å². The number of hydrogen-bond acceptors (Lipinski definition) is 4. The van der Waals surface area contributed by atoms with E-state index in [1.54, 1.807) is 13.0 Å². The van der Waals surface area contributed by atoms with Crippen LogP contribution in [0.1, 0.15) is 58.8 Å². The summed E-state index contributed by atoms with van der Waals surface area (Å²) in [5.41, 5.74) is 0.00118. The number of carbonyl (C=O) groups excluding carboxylic acids is 2. The first kappa shape index (κ1) is 21.2. The number of fused-ring (bicyclic) bond motifs is 1. The standard InChI is InChI=1S/C21H23F3N2O3/c1-12-8-18(20(28)25-11-15(27)4-3-7-29-2)26-19-16(12)9-14(13-5-6-13)10-17(19)21(22,23)24/h8-10,13H,3-7,11H2,1-2H3,(H,25,28). The summed E-state index contributed by atoms with van der Waals surface area (Å²) in [6.45, 7) is 1.90. The maximum Gasteiger partial charge on any atom is 0.418 e. The van der Waals surface area contributed by atoms with Crippen molar-refractivity contribution in [2.45, 2.75) is 44.7 Å². The molecule has 1 aliphatic rings. The molecule has 0 saturated heterocycles. The van der Waals surface area contributed by atoms with E-state index in [9.17, 15) is 22.8 Å². The van der Waals surface area contributed by atoms with Gasteiger partial charge in [0.25, 0.3) is 5.91 Å². The summed E-state index contributed by atoms with van der Waals surface area (Å²) < 4.78 is 45.8. The Hall–Kier alpha value is -2.48. The van der Waals surface area contributed by atoms with Crippen molar-refractivity contribution >= 4 is 22.6 Å². The fourth-order valence-electron chi connectivity index (χ4n) is 3.27. The van der Waals surface area contributed by atoms with Crippen LogP contribution in [0.5, 0.6) is 0 Å². The molecule has 8 heteroatoms. The summed E-state index contributed by atoms with van der Waals surface area (Å²) in [5.74, 6) is -0.695. The number of hydrogen-bond donors (Lipinski definition) is 1. The van der Waals surface area contributed by atoms with Gasteiger partial charge in [0.05, 0.1) is 17.6 Å². The molecule has 29 heavy (non-hydrogen) atoms. The molecular weight excluding hydrogens is 385 g/mol. The van der Waals surface area contributed by atoms with Crippen molar-refractivity contribution in [1.82, 2.24) is 10.3 Å². The van der Waals surface area contributed by atoms with Gasteiger partial charge in [0.1, 0.15) is 5.69 Å². The number of alkyl halides is 3. The molecule has 1 saturated carbocycles. The molecule has 1 N–H and O–H groups in total. The molecule has 0 radical (unpaired) electrons. The number of ether oxygens (including phenoxy) is 1. The Kier molecular flexibility index (Phi) is 6.21. The zero-order chi connectivity index (χ0) is 21.2. The van der Waals surface area contributed by atoms with Crippen molar-refractivity contribution < 1.29 is 27.5 Å². The molecule has 5 nitrogen and oxygen atoms in total. The van der Waals surface area contributed by atoms with Crippen LogP contribution in [0.3, 0.4) is 0 Å². The number of pyridine rings is 1. The normalized spacial score (nSPS) is 14.2. The number of nitrogens with zero attached hydrogens (tertiary/aromatic N) is 1. The lowest BCUT2D eigenvalue weighted by Gasteiger charge is -2.15. The predicted molar refractivity (Wildman–Crippen MR) is 102 cm³/mol. The summed E-state index contributed by atoms with van der Waals surface area (Å²) in [6, 6.07) is 4.35. The van der Waals surface area contributed by atoms with Crippen molar-refractivity contribution in [3.05, 3.63) is 40.6 Å². The Bertz CT molecular complexity index is 937. The second-order valence-corrected chi connectivity index (χ2v) is 7.38. The molecule has 1 aliphatic carbocycles. The SMILES string of the molecule is COCCCC(=O)CNC(=O)c1cc(C)c2cc(C3CC3)cc(C(F)(F)F)c2n1. The Morgan fingerprint density at radius 1 is 1.24 bits per heavy atom. The number of carbonyl (C=O) groups is 2. The van der Waals surface area contributed by atoms with Crippen LogP contribution in [0.25, 0.3) is 10.9 Å². The van der Waals surface area contributed by atoms with Crippen molar-refractivity contribution in [3.63, 3.8) is 0 Å². The molecule has 1 aromatic carbocycles. The van der Waals surface area contributed by atoms with Gasteiger partial charge in [0, 0.05) is 25.5 Å². The summed E-state index contributed by atoms with van der Waals surface area (Å²) in [4.78, 5) is 28.2. The van der Waals surface area contributed by atoms with Crippen LogP contribution >= 0.6 is 0 Å². The van der Waals surface area contributed by atoms with E-state index < -0.39 is 17.6 Å². The van der Waals surface area contributed by atoms with Crippen molar-refractivity contribution in [1.29, 1.82) is 0 Å². The Balaban J connectivity index is 1.87. The molecule has 2 aromatic rings. The maximum absolute atomic E-state index is 13.7.